The molecular formula is C21H30ClFN4O3. The van der Waals surface area contributed by atoms with Gasteiger partial charge in [-0.3, -0.25) is 9.69 Å². The molecule has 166 valence electrons. The number of piperidine rings is 1. The molecule has 2 saturated heterocycles. The minimum atomic E-state index is -0.610. The van der Waals surface area contributed by atoms with Crippen molar-refractivity contribution >= 4 is 29.2 Å². The number of hydrogen-bond donors (Lipinski definition) is 2. The van der Waals surface area contributed by atoms with Crippen molar-refractivity contribution in [2.75, 3.05) is 45.2 Å². The fourth-order valence-electron chi connectivity index (χ4n) is 4.26. The minimum absolute atomic E-state index is 0.0154. The maximum atomic E-state index is 13.7. The van der Waals surface area contributed by atoms with Crippen LogP contribution in [0.3, 0.4) is 0 Å². The number of likely N-dealkylation sites (N-methyl/N-ethyl adjacent to an activating group) is 1. The molecular weight excluding hydrogens is 411 g/mol. The number of rotatable bonds is 3. The summed E-state index contributed by atoms with van der Waals surface area (Å²) in [6.45, 7) is 6.02. The Morgan fingerprint density at radius 2 is 1.80 bits per heavy atom. The second-order valence-corrected chi connectivity index (χ2v) is 8.96. The number of halogens is 2. The van der Waals surface area contributed by atoms with Crippen LogP contribution in [-0.2, 0) is 4.79 Å². The number of hydrogen-bond acceptors (Lipinski definition) is 4. The summed E-state index contributed by atoms with van der Waals surface area (Å²) in [5.41, 5.74) is 0.313. The van der Waals surface area contributed by atoms with Crippen molar-refractivity contribution in [3.63, 3.8) is 0 Å². The number of anilines is 1. The highest BCUT2D eigenvalue weighted by Gasteiger charge is 2.37. The molecule has 0 bridgehead atoms. The summed E-state index contributed by atoms with van der Waals surface area (Å²) >= 11 is 5.69. The van der Waals surface area contributed by atoms with E-state index >= 15 is 0 Å². The van der Waals surface area contributed by atoms with E-state index in [0.29, 0.717) is 31.7 Å². The van der Waals surface area contributed by atoms with Gasteiger partial charge in [-0.1, -0.05) is 11.6 Å². The molecule has 1 aromatic carbocycles. The molecule has 1 aromatic rings. The molecule has 0 saturated carbocycles. The van der Waals surface area contributed by atoms with Gasteiger partial charge in [-0.25, -0.2) is 9.18 Å². The monoisotopic (exact) mass is 440 g/mol. The fraction of sp³-hybridized carbons (Fsp3) is 0.619. The van der Waals surface area contributed by atoms with E-state index in [9.17, 15) is 19.1 Å². The van der Waals surface area contributed by atoms with Crippen molar-refractivity contribution < 1.29 is 19.1 Å². The van der Waals surface area contributed by atoms with Crippen LogP contribution in [0.2, 0.25) is 5.02 Å². The second kappa shape index (κ2) is 9.49. The summed E-state index contributed by atoms with van der Waals surface area (Å²) < 4.78 is 13.7. The lowest BCUT2D eigenvalue weighted by atomic mass is 9.89. The van der Waals surface area contributed by atoms with Crippen molar-refractivity contribution in [2.45, 2.75) is 32.4 Å². The van der Waals surface area contributed by atoms with E-state index in [4.69, 9.17) is 11.6 Å². The number of urea groups is 1. The van der Waals surface area contributed by atoms with Gasteiger partial charge in [0.1, 0.15) is 5.82 Å². The summed E-state index contributed by atoms with van der Waals surface area (Å²) in [7, 11) is 2.06. The Hall–Kier alpha value is -1.90. The molecule has 7 nitrogen and oxygen atoms in total. The van der Waals surface area contributed by atoms with Gasteiger partial charge in [0.15, 0.2) is 0 Å². The Bertz CT molecular complexity index is 784. The fourth-order valence-corrected chi connectivity index (χ4v) is 4.38. The molecule has 2 fully saturated rings. The molecule has 0 spiro atoms. The Balaban J connectivity index is 1.68. The van der Waals surface area contributed by atoms with Crippen LogP contribution in [0.15, 0.2) is 18.2 Å². The van der Waals surface area contributed by atoms with Crippen LogP contribution in [0, 0.1) is 17.7 Å². The average Bonchev–Trinajstić information content (AvgIpc) is 2.73. The van der Waals surface area contributed by atoms with Gasteiger partial charge in [0.25, 0.3) is 0 Å². The van der Waals surface area contributed by atoms with Gasteiger partial charge in [-0.05, 0) is 45.5 Å². The highest BCUT2D eigenvalue weighted by atomic mass is 35.5. The first-order chi connectivity index (χ1) is 14.2. The molecule has 2 aliphatic rings. The van der Waals surface area contributed by atoms with Crippen LogP contribution in [0.4, 0.5) is 14.9 Å². The van der Waals surface area contributed by atoms with Gasteiger partial charge in [0.2, 0.25) is 5.91 Å². The third-order valence-electron chi connectivity index (χ3n) is 6.25. The Kier molecular flexibility index (Phi) is 7.21. The molecule has 2 aliphatic heterocycles. The maximum Gasteiger partial charge on any atom is 0.320 e. The number of nitrogens with one attached hydrogen (secondary N) is 1. The largest absolute Gasteiger partial charge is 0.396 e. The summed E-state index contributed by atoms with van der Waals surface area (Å²) in [4.78, 5) is 31.7. The topological polar surface area (TPSA) is 76.1 Å². The van der Waals surface area contributed by atoms with Crippen molar-refractivity contribution in [3.05, 3.63) is 29.0 Å². The quantitative estimate of drug-likeness (QED) is 0.757. The molecule has 9 heteroatoms. The zero-order valence-electron chi connectivity index (χ0n) is 17.6. The molecule has 3 rings (SSSR count). The maximum absolute atomic E-state index is 13.7. The third-order valence-corrected chi connectivity index (χ3v) is 6.56. The first kappa shape index (κ1) is 22.8. The van der Waals surface area contributed by atoms with E-state index in [0.717, 1.165) is 0 Å². The van der Waals surface area contributed by atoms with Gasteiger partial charge in [0.05, 0.1) is 10.9 Å². The predicted octanol–water partition coefficient (Wildman–Crippen LogP) is 2.49. The van der Waals surface area contributed by atoms with Crippen molar-refractivity contribution in [1.29, 1.82) is 0 Å². The summed E-state index contributed by atoms with van der Waals surface area (Å²) in [6.07, 6.45) is 0.470. The lowest BCUT2D eigenvalue weighted by Gasteiger charge is -2.45. The van der Waals surface area contributed by atoms with Crippen LogP contribution in [0.25, 0.3) is 0 Å². The minimum Gasteiger partial charge on any atom is -0.396 e. The molecule has 0 unspecified atom stereocenters. The summed E-state index contributed by atoms with van der Waals surface area (Å²) in [5, 5.41) is 12.4. The zero-order chi connectivity index (χ0) is 22.0. The highest BCUT2D eigenvalue weighted by Crippen LogP contribution is 2.26. The number of aliphatic hydroxyl groups is 1. The summed E-state index contributed by atoms with van der Waals surface area (Å²) in [5.74, 6) is -1.57. The third kappa shape index (κ3) is 5.04. The van der Waals surface area contributed by atoms with Crippen LogP contribution >= 0.6 is 11.6 Å². The van der Waals surface area contributed by atoms with E-state index in [-0.39, 0.29) is 48.1 Å². The van der Waals surface area contributed by atoms with E-state index in [1.165, 1.54) is 18.2 Å². The Morgan fingerprint density at radius 3 is 2.40 bits per heavy atom. The molecule has 2 N–H and O–H groups in total. The average molecular weight is 441 g/mol. The number of likely N-dealkylation sites (tertiary alicyclic amines) is 1. The van der Waals surface area contributed by atoms with E-state index in [1.54, 1.807) is 4.90 Å². The van der Waals surface area contributed by atoms with Crippen molar-refractivity contribution in [1.82, 2.24) is 14.7 Å². The predicted molar refractivity (Wildman–Crippen MR) is 114 cm³/mol. The number of carbonyl (C=O) groups is 2. The van der Waals surface area contributed by atoms with Gasteiger partial charge in [0, 0.05) is 56.5 Å². The van der Waals surface area contributed by atoms with Crippen LogP contribution in [0.1, 0.15) is 20.3 Å². The number of carbonyl (C=O) groups excluding carboxylic acids is 2. The highest BCUT2D eigenvalue weighted by molar-refractivity contribution is 6.30. The molecule has 2 heterocycles. The zero-order valence-corrected chi connectivity index (χ0v) is 18.4. The lowest BCUT2D eigenvalue weighted by Crippen LogP contribution is -2.60. The normalized spacial score (nSPS) is 27.8. The van der Waals surface area contributed by atoms with Gasteiger partial charge in [-0.2, -0.15) is 0 Å². The molecule has 0 aromatic heterocycles. The molecule has 3 amide bonds. The standard InChI is InChI=1S/C21H30ClFN4O3/c1-13-8-26(9-14(2)25(13)3)21(30)27-10-15(12-28)6-16(11-27)20(29)24-17-4-5-18(22)19(23)7-17/h4-5,7,13-16,28H,6,8-12H2,1-3H3,(H,24,29)/t13-,14+,15-,16+/m1/s1. The molecule has 30 heavy (non-hydrogen) atoms. The van der Waals surface area contributed by atoms with E-state index < -0.39 is 11.7 Å². The van der Waals surface area contributed by atoms with Crippen molar-refractivity contribution in [2.24, 2.45) is 11.8 Å². The first-order valence-corrected chi connectivity index (χ1v) is 10.7. The number of nitrogens with zero attached hydrogens (tertiary/aromatic N) is 3. The second-order valence-electron chi connectivity index (χ2n) is 8.56. The molecule has 4 atom stereocenters. The van der Waals surface area contributed by atoms with E-state index in [2.05, 4.69) is 31.1 Å². The first-order valence-electron chi connectivity index (χ1n) is 10.3. The van der Waals surface area contributed by atoms with Gasteiger partial charge < -0.3 is 20.2 Å². The Labute approximate surface area is 181 Å². The van der Waals surface area contributed by atoms with Crippen LogP contribution < -0.4 is 5.32 Å². The smallest absolute Gasteiger partial charge is 0.320 e. The lowest BCUT2D eigenvalue weighted by molar-refractivity contribution is -0.122. The van der Waals surface area contributed by atoms with Crippen molar-refractivity contribution in [3.8, 4) is 0 Å². The van der Waals surface area contributed by atoms with Crippen LogP contribution in [0.5, 0.6) is 0 Å². The number of benzene rings is 1. The number of aliphatic hydroxyl groups excluding tert-OH is 1. The van der Waals surface area contributed by atoms with Crippen LogP contribution in [-0.4, -0.2) is 83.7 Å². The Morgan fingerprint density at radius 1 is 1.17 bits per heavy atom. The van der Waals surface area contributed by atoms with E-state index in [1.807, 2.05) is 4.90 Å². The number of amides is 3. The number of piperazine rings is 1. The summed E-state index contributed by atoms with van der Waals surface area (Å²) in [6, 6.07) is 4.48. The SMILES string of the molecule is C[C@@H]1CN(C(=O)N2C[C@H](CO)C[C@H](C(=O)Nc3ccc(Cl)c(F)c3)C2)C[C@H](C)N1C. The molecule has 0 radical (unpaired) electrons. The van der Waals surface area contributed by atoms with Gasteiger partial charge >= 0.3 is 6.03 Å². The molecule has 0 aliphatic carbocycles. The van der Waals surface area contributed by atoms with Gasteiger partial charge in [-0.15, -0.1) is 0 Å².